The summed E-state index contributed by atoms with van der Waals surface area (Å²) < 4.78 is 5.36. The Hall–Kier alpha value is -4.23. The molecule has 1 saturated heterocycles. The summed E-state index contributed by atoms with van der Waals surface area (Å²) in [5, 5.41) is 3.33. The number of aryl methyl sites for hydroxylation is 1. The Morgan fingerprint density at radius 2 is 1.70 bits per heavy atom. The van der Waals surface area contributed by atoms with Gasteiger partial charge in [0.25, 0.3) is 5.91 Å². The Morgan fingerprint density at radius 1 is 0.946 bits per heavy atom. The monoisotopic (exact) mass is 493 g/mol. The molecule has 0 saturated carbocycles. The predicted molar refractivity (Wildman–Crippen MR) is 146 cm³/mol. The van der Waals surface area contributed by atoms with Crippen molar-refractivity contribution in [1.29, 1.82) is 0 Å². The summed E-state index contributed by atoms with van der Waals surface area (Å²) in [4.78, 5) is 27.2. The van der Waals surface area contributed by atoms with Gasteiger partial charge in [0.05, 0.1) is 7.11 Å². The molecule has 1 amide bonds. The highest BCUT2D eigenvalue weighted by molar-refractivity contribution is 5.99. The quantitative estimate of drug-likeness (QED) is 0.383. The molecule has 0 radical (unpaired) electrons. The fourth-order valence-electron chi connectivity index (χ4n) is 4.43. The molecule has 3 aromatic carbocycles. The van der Waals surface area contributed by atoms with E-state index in [0.717, 1.165) is 36.6 Å². The highest BCUT2D eigenvalue weighted by atomic mass is 16.5. The van der Waals surface area contributed by atoms with Gasteiger partial charge in [-0.3, -0.25) is 9.69 Å². The molecule has 1 N–H and O–H groups in total. The Morgan fingerprint density at radius 3 is 2.43 bits per heavy atom. The average Bonchev–Trinajstić information content (AvgIpc) is 2.95. The van der Waals surface area contributed by atoms with Gasteiger partial charge >= 0.3 is 0 Å². The van der Waals surface area contributed by atoms with Crippen LogP contribution in [0, 0.1) is 6.92 Å². The van der Waals surface area contributed by atoms with E-state index in [9.17, 15) is 4.79 Å². The number of benzene rings is 3. The maximum Gasteiger partial charge on any atom is 0.259 e. The zero-order valence-electron chi connectivity index (χ0n) is 21.2. The minimum Gasteiger partial charge on any atom is -0.497 e. The van der Waals surface area contributed by atoms with Crippen LogP contribution in [0.15, 0.2) is 85.1 Å². The number of ether oxygens (including phenoxy) is 1. The number of anilines is 2. The number of hydrogen-bond donors (Lipinski definition) is 1. The number of rotatable bonds is 7. The third kappa shape index (κ3) is 5.95. The number of aromatic nitrogens is 2. The predicted octanol–water partition coefficient (Wildman–Crippen LogP) is 5.16. The number of hydrogen-bond acceptors (Lipinski definition) is 6. The van der Waals surface area contributed by atoms with E-state index in [1.165, 1.54) is 11.1 Å². The molecule has 4 aromatic rings. The second kappa shape index (κ2) is 11.2. The first-order chi connectivity index (χ1) is 18.1. The minimum absolute atomic E-state index is 0.0695. The molecule has 0 bridgehead atoms. The van der Waals surface area contributed by atoms with E-state index >= 15 is 0 Å². The lowest BCUT2D eigenvalue weighted by Gasteiger charge is -2.35. The maximum atomic E-state index is 13.6. The summed E-state index contributed by atoms with van der Waals surface area (Å²) in [5.41, 5.74) is 4.68. The van der Waals surface area contributed by atoms with E-state index in [1.54, 1.807) is 13.3 Å². The number of methoxy groups -OCH3 is 1. The van der Waals surface area contributed by atoms with E-state index in [4.69, 9.17) is 9.72 Å². The van der Waals surface area contributed by atoms with Gasteiger partial charge in [0.2, 0.25) is 0 Å². The summed E-state index contributed by atoms with van der Waals surface area (Å²) in [6.07, 6.45) is 1.64. The molecule has 188 valence electrons. The van der Waals surface area contributed by atoms with Crippen molar-refractivity contribution >= 4 is 17.4 Å². The van der Waals surface area contributed by atoms with Gasteiger partial charge in [0.15, 0.2) is 5.82 Å². The average molecular weight is 494 g/mol. The summed E-state index contributed by atoms with van der Waals surface area (Å²) in [7, 11) is 1.63. The standard InChI is InChI=1S/C30H31N5O2/c1-22-11-13-23(14-12-22)21-34-15-17-35(18-16-34)30(36)27-20-31-28(24-7-4-3-5-8-24)33-29(27)32-25-9-6-10-26(19-25)37-2/h3-14,19-20H,15-18,21H2,1-2H3,(H,31,32,33). The second-order valence-corrected chi connectivity index (χ2v) is 9.23. The van der Waals surface area contributed by atoms with Crippen LogP contribution in [0.3, 0.4) is 0 Å². The van der Waals surface area contributed by atoms with Crippen LogP contribution >= 0.6 is 0 Å². The Kier molecular flexibility index (Phi) is 7.42. The first kappa shape index (κ1) is 24.5. The molecule has 1 fully saturated rings. The molecule has 37 heavy (non-hydrogen) atoms. The molecule has 0 atom stereocenters. The van der Waals surface area contributed by atoms with E-state index in [1.807, 2.05) is 59.5 Å². The largest absolute Gasteiger partial charge is 0.497 e. The van der Waals surface area contributed by atoms with Crippen LogP contribution in [-0.4, -0.2) is 59.0 Å². The number of nitrogens with zero attached hydrogens (tertiary/aromatic N) is 4. The van der Waals surface area contributed by atoms with Gasteiger partial charge in [-0.25, -0.2) is 9.97 Å². The van der Waals surface area contributed by atoms with Crippen LogP contribution in [0.1, 0.15) is 21.5 Å². The van der Waals surface area contributed by atoms with Gasteiger partial charge in [0, 0.05) is 56.2 Å². The van der Waals surface area contributed by atoms with Gasteiger partial charge in [-0.1, -0.05) is 66.2 Å². The zero-order chi connectivity index (χ0) is 25.6. The zero-order valence-corrected chi connectivity index (χ0v) is 21.2. The fourth-order valence-corrected chi connectivity index (χ4v) is 4.43. The SMILES string of the molecule is COc1cccc(Nc2nc(-c3ccccc3)ncc2C(=O)N2CCN(Cc3ccc(C)cc3)CC2)c1. The molecule has 7 heteroatoms. The van der Waals surface area contributed by atoms with Crippen LogP contribution in [0.4, 0.5) is 11.5 Å². The first-order valence-corrected chi connectivity index (χ1v) is 12.5. The number of piperazine rings is 1. The van der Waals surface area contributed by atoms with Crippen LogP contribution in [0.2, 0.25) is 0 Å². The molecule has 0 unspecified atom stereocenters. The molecule has 0 spiro atoms. The highest BCUT2D eigenvalue weighted by Crippen LogP contribution is 2.26. The smallest absolute Gasteiger partial charge is 0.259 e. The molecular formula is C30H31N5O2. The fraction of sp³-hybridized carbons (Fsp3) is 0.233. The lowest BCUT2D eigenvalue weighted by Crippen LogP contribution is -2.48. The number of carbonyl (C=O) groups excluding carboxylic acids is 1. The van der Waals surface area contributed by atoms with Crippen molar-refractivity contribution in [2.45, 2.75) is 13.5 Å². The van der Waals surface area contributed by atoms with Crippen LogP contribution in [-0.2, 0) is 6.54 Å². The number of nitrogens with one attached hydrogen (secondary N) is 1. The Balaban J connectivity index is 1.35. The molecule has 1 aromatic heterocycles. The van der Waals surface area contributed by atoms with Crippen LogP contribution < -0.4 is 10.1 Å². The summed E-state index contributed by atoms with van der Waals surface area (Å²) in [5.74, 6) is 1.69. The van der Waals surface area contributed by atoms with Crippen molar-refractivity contribution in [2.75, 3.05) is 38.6 Å². The van der Waals surface area contributed by atoms with Gasteiger partial charge in [-0.05, 0) is 24.6 Å². The molecular weight excluding hydrogens is 462 g/mol. The number of carbonyl (C=O) groups is 1. The molecule has 1 aliphatic heterocycles. The molecule has 5 rings (SSSR count). The Labute approximate surface area is 217 Å². The highest BCUT2D eigenvalue weighted by Gasteiger charge is 2.25. The second-order valence-electron chi connectivity index (χ2n) is 9.23. The molecule has 0 aliphatic carbocycles. The third-order valence-electron chi connectivity index (χ3n) is 6.57. The molecule has 2 heterocycles. The first-order valence-electron chi connectivity index (χ1n) is 12.5. The Bertz CT molecular complexity index is 1350. The van der Waals surface area contributed by atoms with Crippen molar-refractivity contribution < 1.29 is 9.53 Å². The molecule has 7 nitrogen and oxygen atoms in total. The van der Waals surface area contributed by atoms with Gasteiger partial charge in [-0.15, -0.1) is 0 Å². The lowest BCUT2D eigenvalue weighted by atomic mass is 10.1. The lowest BCUT2D eigenvalue weighted by molar-refractivity contribution is 0.0628. The minimum atomic E-state index is -0.0695. The molecule has 1 aliphatic rings. The number of amides is 1. The summed E-state index contributed by atoms with van der Waals surface area (Å²) in [6, 6.07) is 26.0. The van der Waals surface area contributed by atoms with Crippen LogP contribution in [0.25, 0.3) is 11.4 Å². The van der Waals surface area contributed by atoms with E-state index in [2.05, 4.69) is 46.4 Å². The van der Waals surface area contributed by atoms with Crippen molar-refractivity contribution in [1.82, 2.24) is 19.8 Å². The third-order valence-corrected chi connectivity index (χ3v) is 6.57. The van der Waals surface area contributed by atoms with E-state index in [0.29, 0.717) is 30.3 Å². The van der Waals surface area contributed by atoms with Gasteiger partial charge in [0.1, 0.15) is 17.1 Å². The van der Waals surface area contributed by atoms with Crippen molar-refractivity contribution in [2.24, 2.45) is 0 Å². The van der Waals surface area contributed by atoms with Crippen molar-refractivity contribution in [3.8, 4) is 17.1 Å². The maximum absolute atomic E-state index is 13.6. The summed E-state index contributed by atoms with van der Waals surface area (Å²) in [6.45, 7) is 5.94. The van der Waals surface area contributed by atoms with Crippen molar-refractivity contribution in [3.63, 3.8) is 0 Å². The normalized spacial score (nSPS) is 13.8. The summed E-state index contributed by atoms with van der Waals surface area (Å²) >= 11 is 0. The van der Waals surface area contributed by atoms with Crippen molar-refractivity contribution in [3.05, 3.63) is 102 Å². The van der Waals surface area contributed by atoms with E-state index in [-0.39, 0.29) is 5.91 Å². The van der Waals surface area contributed by atoms with Gasteiger partial charge in [-0.2, -0.15) is 0 Å². The van der Waals surface area contributed by atoms with Crippen LogP contribution in [0.5, 0.6) is 5.75 Å². The van der Waals surface area contributed by atoms with Gasteiger partial charge < -0.3 is 15.0 Å². The van der Waals surface area contributed by atoms with E-state index < -0.39 is 0 Å². The topological polar surface area (TPSA) is 70.6 Å².